The van der Waals surface area contributed by atoms with Crippen molar-refractivity contribution in [3.63, 3.8) is 0 Å². The molecule has 0 radical (unpaired) electrons. The van der Waals surface area contributed by atoms with Crippen molar-refractivity contribution >= 4 is 15.7 Å². The molecular formula is C2H4O2S. The molecule has 0 aliphatic heterocycles. The minimum absolute atomic E-state index is 1.08. The highest BCUT2D eigenvalue weighted by atomic mass is 32.2. The van der Waals surface area contributed by atoms with Crippen molar-refractivity contribution < 1.29 is 8.42 Å². The smallest absolute Gasteiger partial charge is 0.185 e. The second-order valence-corrected chi connectivity index (χ2v) is 1.49. The van der Waals surface area contributed by atoms with E-state index < -0.39 is 10.3 Å². The zero-order chi connectivity index (χ0) is 4.28. The maximum absolute atomic E-state index is 9.31. The van der Waals surface area contributed by atoms with Crippen LogP contribution >= 0.6 is 0 Å². The van der Waals surface area contributed by atoms with Crippen LogP contribution in [-0.2, 0) is 10.3 Å². The van der Waals surface area contributed by atoms with Gasteiger partial charge in [-0.25, -0.2) is 0 Å². The summed E-state index contributed by atoms with van der Waals surface area (Å²) in [6.45, 7) is 1.46. The molecule has 0 spiro atoms. The highest BCUT2D eigenvalue weighted by Gasteiger charge is 1.47. The molecule has 0 saturated carbocycles. The Morgan fingerprint density at radius 1 is 1.60 bits per heavy atom. The Hall–Kier alpha value is -0.310. The number of rotatable bonds is 0. The fraction of sp³-hybridized carbons (Fsp3) is 0.500. The van der Waals surface area contributed by atoms with E-state index in [1.165, 1.54) is 6.92 Å². The molecule has 3 heteroatoms. The second kappa shape index (κ2) is 1.96. The van der Waals surface area contributed by atoms with Gasteiger partial charge in [0.2, 0.25) is 10.3 Å². The summed E-state index contributed by atoms with van der Waals surface area (Å²) in [5.41, 5.74) is 0. The molecule has 0 unspecified atom stereocenters. The zero-order valence-corrected chi connectivity index (χ0v) is 3.62. The van der Waals surface area contributed by atoms with E-state index in [0.717, 1.165) is 5.37 Å². The van der Waals surface area contributed by atoms with Crippen LogP contribution in [0.3, 0.4) is 0 Å². The van der Waals surface area contributed by atoms with Crippen LogP contribution in [0.5, 0.6) is 0 Å². The molecule has 0 saturated heterocycles. The topological polar surface area (TPSA) is 34.1 Å². The van der Waals surface area contributed by atoms with Crippen LogP contribution in [0.15, 0.2) is 0 Å². The zero-order valence-electron chi connectivity index (χ0n) is 2.80. The van der Waals surface area contributed by atoms with Gasteiger partial charge in [-0.15, -0.1) is 0 Å². The molecule has 0 atom stereocenters. The summed E-state index contributed by atoms with van der Waals surface area (Å²) in [6, 6.07) is 0. The molecule has 5 heavy (non-hydrogen) atoms. The van der Waals surface area contributed by atoms with Gasteiger partial charge >= 0.3 is 0 Å². The molecule has 0 bridgehead atoms. The first-order chi connectivity index (χ1) is 2.27. The Morgan fingerprint density at radius 3 is 1.80 bits per heavy atom. The summed E-state index contributed by atoms with van der Waals surface area (Å²) in [4.78, 5) is 0. The molecule has 0 rings (SSSR count). The summed E-state index contributed by atoms with van der Waals surface area (Å²) in [6.07, 6.45) is 0. The predicted octanol–water partition coefficient (Wildman–Crippen LogP) is -0.312. The van der Waals surface area contributed by atoms with Crippen LogP contribution in [0.1, 0.15) is 6.92 Å². The molecule has 0 aliphatic rings. The van der Waals surface area contributed by atoms with Crippen LogP contribution in [-0.4, -0.2) is 13.8 Å². The fourth-order valence-corrected chi connectivity index (χ4v) is 0. The summed E-state index contributed by atoms with van der Waals surface area (Å²) < 4.78 is 18.6. The Kier molecular flexibility index (Phi) is 1.84. The van der Waals surface area contributed by atoms with Crippen molar-refractivity contribution in [2.75, 3.05) is 0 Å². The fourth-order valence-electron chi connectivity index (χ4n) is 0. The van der Waals surface area contributed by atoms with E-state index >= 15 is 0 Å². The second-order valence-electron chi connectivity index (χ2n) is 0.496. The van der Waals surface area contributed by atoms with Gasteiger partial charge in [0.15, 0.2) is 0 Å². The summed E-state index contributed by atoms with van der Waals surface area (Å²) in [5.74, 6) is 0. The van der Waals surface area contributed by atoms with Crippen molar-refractivity contribution in [1.29, 1.82) is 0 Å². The van der Waals surface area contributed by atoms with E-state index in [2.05, 4.69) is 0 Å². The largest absolute Gasteiger partial charge is 0.209 e. The van der Waals surface area contributed by atoms with Gasteiger partial charge in [-0.1, -0.05) is 0 Å². The molecule has 0 aromatic heterocycles. The molecule has 0 fully saturated rings. The Morgan fingerprint density at radius 2 is 1.80 bits per heavy atom. The monoisotopic (exact) mass is 92.0 g/mol. The predicted molar refractivity (Wildman–Crippen MR) is 20.7 cm³/mol. The quantitative estimate of drug-likeness (QED) is 0.384. The van der Waals surface area contributed by atoms with Crippen LogP contribution in [0.2, 0.25) is 0 Å². The summed E-state index contributed by atoms with van der Waals surface area (Å²) >= 11 is 0. The van der Waals surface area contributed by atoms with E-state index in [9.17, 15) is 8.42 Å². The number of hydrogen-bond donors (Lipinski definition) is 0. The van der Waals surface area contributed by atoms with Gasteiger partial charge in [-0.2, -0.15) is 8.42 Å². The van der Waals surface area contributed by atoms with Gasteiger partial charge in [-0.05, 0) is 6.92 Å². The van der Waals surface area contributed by atoms with E-state index in [0.29, 0.717) is 0 Å². The van der Waals surface area contributed by atoms with Crippen molar-refractivity contribution in [1.82, 2.24) is 0 Å². The Labute approximate surface area is 32.0 Å². The molecule has 0 aliphatic carbocycles. The minimum atomic E-state index is -1.95. The van der Waals surface area contributed by atoms with Crippen molar-refractivity contribution in [2.24, 2.45) is 0 Å². The van der Waals surface area contributed by atoms with Crippen molar-refractivity contribution in [3.05, 3.63) is 0 Å². The summed E-state index contributed by atoms with van der Waals surface area (Å²) in [7, 11) is -1.95. The summed E-state index contributed by atoms with van der Waals surface area (Å²) in [5, 5.41) is 1.08. The molecule has 0 amide bonds. The standard InChI is InChI=1S/C2H4O2S/c1-2-5(3)4/h2H,1H3. The lowest BCUT2D eigenvalue weighted by molar-refractivity contribution is 0.627. The average Bonchev–Trinajstić information content (AvgIpc) is 1.38. The lowest BCUT2D eigenvalue weighted by Gasteiger charge is -1.38. The highest BCUT2D eigenvalue weighted by Crippen LogP contribution is 1.31. The van der Waals surface area contributed by atoms with Crippen LogP contribution in [0.4, 0.5) is 0 Å². The molecule has 0 heterocycles. The lowest BCUT2D eigenvalue weighted by atomic mass is 11.0. The van der Waals surface area contributed by atoms with Crippen LogP contribution in [0, 0.1) is 0 Å². The Bertz CT molecular complexity index is 111. The van der Waals surface area contributed by atoms with Crippen LogP contribution in [0.25, 0.3) is 0 Å². The first-order valence-corrected chi connectivity index (χ1v) is 2.28. The van der Waals surface area contributed by atoms with E-state index in [4.69, 9.17) is 0 Å². The van der Waals surface area contributed by atoms with Gasteiger partial charge in [0.05, 0.1) is 0 Å². The van der Waals surface area contributed by atoms with Gasteiger partial charge in [0, 0.05) is 5.37 Å². The normalized spacial score (nSPS) is 6.60. The van der Waals surface area contributed by atoms with E-state index in [1.54, 1.807) is 0 Å². The molecule has 0 N–H and O–H groups in total. The first kappa shape index (κ1) is 4.69. The maximum atomic E-state index is 9.31. The maximum Gasteiger partial charge on any atom is 0.209 e. The van der Waals surface area contributed by atoms with Gasteiger partial charge in [-0.3, -0.25) is 0 Å². The molecular weight excluding hydrogens is 88.1 g/mol. The SMILES string of the molecule is CC=S(=O)=O. The molecule has 2 nitrogen and oxygen atoms in total. The van der Waals surface area contributed by atoms with Gasteiger partial charge in [0.25, 0.3) is 0 Å². The number of hydrogen-bond acceptors (Lipinski definition) is 2. The van der Waals surface area contributed by atoms with E-state index in [-0.39, 0.29) is 0 Å². The minimum Gasteiger partial charge on any atom is -0.185 e. The third-order valence-electron chi connectivity index (χ3n) is 0.192. The highest BCUT2D eigenvalue weighted by molar-refractivity contribution is 7.71. The Balaban J connectivity index is 4.25. The third-order valence-corrected chi connectivity index (χ3v) is 0.577. The van der Waals surface area contributed by atoms with Crippen molar-refractivity contribution in [3.8, 4) is 0 Å². The molecule has 0 aromatic rings. The average molecular weight is 92.1 g/mol. The molecule has 30 valence electrons. The van der Waals surface area contributed by atoms with Crippen LogP contribution < -0.4 is 0 Å². The van der Waals surface area contributed by atoms with Crippen molar-refractivity contribution in [2.45, 2.75) is 6.92 Å². The first-order valence-electron chi connectivity index (χ1n) is 1.15. The third kappa shape index (κ3) is 3.69. The van der Waals surface area contributed by atoms with Gasteiger partial charge in [0.1, 0.15) is 0 Å². The van der Waals surface area contributed by atoms with E-state index in [1.807, 2.05) is 0 Å². The van der Waals surface area contributed by atoms with Gasteiger partial charge < -0.3 is 0 Å². The lowest BCUT2D eigenvalue weighted by Crippen LogP contribution is -1.55. The molecule has 0 aromatic carbocycles.